The van der Waals surface area contributed by atoms with Gasteiger partial charge in [0.05, 0.1) is 11.9 Å². The molecule has 7 nitrogen and oxygen atoms in total. The van der Waals surface area contributed by atoms with Gasteiger partial charge in [-0.25, -0.2) is 8.42 Å². The molecule has 2 rings (SSSR count). The molecule has 2 aromatic carbocycles. The number of halogens is 2. The molecule has 2 aromatic rings. The summed E-state index contributed by atoms with van der Waals surface area (Å²) in [4.78, 5) is 27.4. The lowest BCUT2D eigenvalue weighted by molar-refractivity contribution is -0.139. The summed E-state index contributed by atoms with van der Waals surface area (Å²) in [6, 6.07) is 9.37. The topological polar surface area (TPSA) is 86.8 Å². The number of hydrogen-bond donors (Lipinski definition) is 1. The van der Waals surface area contributed by atoms with E-state index in [0.717, 1.165) is 16.1 Å². The minimum Gasteiger partial charge on any atom is -0.355 e. The summed E-state index contributed by atoms with van der Waals surface area (Å²) < 4.78 is 26.3. The number of nitrogens with one attached hydrogen (secondary N) is 1. The number of rotatable bonds is 9. The van der Waals surface area contributed by atoms with Crippen LogP contribution in [0.5, 0.6) is 0 Å². The van der Waals surface area contributed by atoms with Gasteiger partial charge in [0.1, 0.15) is 12.6 Å². The van der Waals surface area contributed by atoms with E-state index in [2.05, 4.69) is 5.32 Å². The van der Waals surface area contributed by atoms with Crippen LogP contribution in [0.1, 0.15) is 30.5 Å². The zero-order valence-corrected chi connectivity index (χ0v) is 21.7. The Morgan fingerprint density at radius 2 is 1.70 bits per heavy atom. The molecule has 1 N–H and O–H groups in total. The van der Waals surface area contributed by atoms with Gasteiger partial charge in [-0.15, -0.1) is 0 Å². The van der Waals surface area contributed by atoms with Crippen LogP contribution in [0.25, 0.3) is 0 Å². The molecule has 0 radical (unpaired) electrons. The van der Waals surface area contributed by atoms with Gasteiger partial charge in [-0.2, -0.15) is 0 Å². The van der Waals surface area contributed by atoms with Crippen molar-refractivity contribution in [2.45, 2.75) is 40.3 Å². The van der Waals surface area contributed by atoms with Gasteiger partial charge >= 0.3 is 0 Å². The Hall–Kier alpha value is -2.29. The van der Waals surface area contributed by atoms with Gasteiger partial charge in [-0.05, 0) is 51.5 Å². The number of nitrogens with zero attached hydrogens (tertiary/aromatic N) is 2. The Labute approximate surface area is 205 Å². The summed E-state index contributed by atoms with van der Waals surface area (Å²) in [5.74, 6) is -0.929. The predicted octanol–water partition coefficient (Wildman–Crippen LogP) is 3.93. The fraction of sp³-hybridized carbons (Fsp3) is 0.391. The lowest BCUT2D eigenvalue weighted by Crippen LogP contribution is -2.51. The summed E-state index contributed by atoms with van der Waals surface area (Å²) >= 11 is 12.6. The molecule has 0 aliphatic heterocycles. The van der Waals surface area contributed by atoms with Gasteiger partial charge in [-0.3, -0.25) is 13.9 Å². The zero-order chi connectivity index (χ0) is 24.9. The second-order valence-corrected chi connectivity index (χ2v) is 10.6. The maximum absolute atomic E-state index is 13.5. The first kappa shape index (κ1) is 27.0. The second-order valence-electron chi connectivity index (χ2n) is 7.85. The summed E-state index contributed by atoms with van der Waals surface area (Å²) in [7, 11) is -3.79. The molecule has 180 valence electrons. The monoisotopic (exact) mass is 513 g/mol. The highest BCUT2D eigenvalue weighted by Crippen LogP contribution is 2.28. The maximum atomic E-state index is 13.5. The van der Waals surface area contributed by atoms with E-state index in [0.29, 0.717) is 33.4 Å². The van der Waals surface area contributed by atoms with Gasteiger partial charge in [0.25, 0.3) is 0 Å². The lowest BCUT2D eigenvalue weighted by Gasteiger charge is -2.32. The van der Waals surface area contributed by atoms with Crippen LogP contribution in [-0.2, 0) is 26.2 Å². The molecule has 1 atom stereocenters. The first-order valence-corrected chi connectivity index (χ1v) is 13.0. The van der Waals surface area contributed by atoms with Gasteiger partial charge in [0.15, 0.2) is 0 Å². The third kappa shape index (κ3) is 6.85. The molecular formula is C23H29Cl2N3O4S. The van der Waals surface area contributed by atoms with Gasteiger partial charge < -0.3 is 10.2 Å². The van der Waals surface area contributed by atoms with Crippen LogP contribution in [0.15, 0.2) is 36.4 Å². The highest BCUT2D eigenvalue weighted by atomic mass is 35.5. The number of carbonyl (C=O) groups is 2. The normalized spacial score (nSPS) is 12.2. The van der Waals surface area contributed by atoms with Crippen molar-refractivity contribution in [1.29, 1.82) is 0 Å². The second kappa shape index (κ2) is 11.2. The molecule has 0 fully saturated rings. The summed E-state index contributed by atoms with van der Waals surface area (Å²) in [6.45, 7) is 6.88. The third-order valence-electron chi connectivity index (χ3n) is 5.21. The van der Waals surface area contributed by atoms with E-state index in [4.69, 9.17) is 23.2 Å². The maximum Gasteiger partial charge on any atom is 0.244 e. The van der Waals surface area contributed by atoms with Crippen LogP contribution in [-0.4, -0.2) is 50.5 Å². The molecule has 0 saturated carbocycles. The number of sulfonamides is 1. The minimum atomic E-state index is -3.79. The largest absolute Gasteiger partial charge is 0.355 e. The molecule has 0 aliphatic carbocycles. The molecule has 0 heterocycles. The Kier molecular flexibility index (Phi) is 9.17. The van der Waals surface area contributed by atoms with Crippen LogP contribution < -0.4 is 9.62 Å². The number of carbonyl (C=O) groups excluding carboxylic acids is 2. The summed E-state index contributed by atoms with van der Waals surface area (Å²) in [5, 5.41) is 3.39. The summed E-state index contributed by atoms with van der Waals surface area (Å²) in [5.41, 5.74) is 2.56. The smallest absolute Gasteiger partial charge is 0.244 e. The molecule has 0 spiro atoms. The van der Waals surface area contributed by atoms with Crippen molar-refractivity contribution in [3.63, 3.8) is 0 Å². The SMILES string of the molecule is CCNC(=O)[C@@H](C)N(Cc1c(Cl)cccc1Cl)C(=O)CN(c1ccc(C)cc1C)S(C)(=O)=O. The minimum absolute atomic E-state index is 0.0554. The van der Waals surface area contributed by atoms with Gasteiger partial charge in [0, 0.05) is 28.7 Å². The van der Waals surface area contributed by atoms with Crippen molar-refractivity contribution >= 4 is 50.7 Å². The molecule has 0 unspecified atom stereocenters. The van der Waals surface area contributed by atoms with Crippen molar-refractivity contribution in [2.24, 2.45) is 0 Å². The van der Waals surface area contributed by atoms with Crippen molar-refractivity contribution in [3.8, 4) is 0 Å². The van der Waals surface area contributed by atoms with Crippen LogP contribution in [0, 0.1) is 13.8 Å². The number of hydrogen-bond acceptors (Lipinski definition) is 4. The first-order chi connectivity index (χ1) is 15.4. The lowest BCUT2D eigenvalue weighted by atomic mass is 10.1. The fourth-order valence-corrected chi connectivity index (χ4v) is 4.86. The van der Waals surface area contributed by atoms with Gasteiger partial charge in [0.2, 0.25) is 21.8 Å². The molecule has 2 amide bonds. The number of amides is 2. The van der Waals surface area contributed by atoms with E-state index in [-0.39, 0.29) is 12.5 Å². The molecule has 0 aliphatic rings. The van der Waals surface area contributed by atoms with Crippen LogP contribution in [0.2, 0.25) is 10.0 Å². The van der Waals surface area contributed by atoms with E-state index in [1.54, 1.807) is 51.1 Å². The molecule has 33 heavy (non-hydrogen) atoms. The van der Waals surface area contributed by atoms with E-state index in [9.17, 15) is 18.0 Å². The van der Waals surface area contributed by atoms with Crippen molar-refractivity contribution in [2.75, 3.05) is 23.7 Å². The van der Waals surface area contributed by atoms with Crippen molar-refractivity contribution < 1.29 is 18.0 Å². The third-order valence-corrected chi connectivity index (χ3v) is 7.04. The molecule has 0 aromatic heterocycles. The highest BCUT2D eigenvalue weighted by molar-refractivity contribution is 7.92. The Morgan fingerprint density at radius 3 is 2.21 bits per heavy atom. The van der Waals surface area contributed by atoms with E-state index < -0.39 is 28.5 Å². The average Bonchev–Trinajstić information content (AvgIpc) is 2.71. The van der Waals surface area contributed by atoms with Crippen LogP contribution in [0.3, 0.4) is 0 Å². The predicted molar refractivity (Wildman–Crippen MR) is 133 cm³/mol. The van der Waals surface area contributed by atoms with Crippen molar-refractivity contribution in [3.05, 3.63) is 63.1 Å². The molecule has 0 saturated heterocycles. The Morgan fingerprint density at radius 1 is 1.09 bits per heavy atom. The van der Waals surface area contributed by atoms with Crippen molar-refractivity contribution in [1.82, 2.24) is 10.2 Å². The quantitative estimate of drug-likeness (QED) is 0.550. The number of anilines is 1. The number of aryl methyl sites for hydroxylation is 2. The van der Waals surface area contributed by atoms with Gasteiger partial charge in [-0.1, -0.05) is 47.0 Å². The molecule has 10 heteroatoms. The fourth-order valence-electron chi connectivity index (χ4n) is 3.44. The van der Waals surface area contributed by atoms with Crippen LogP contribution in [0.4, 0.5) is 5.69 Å². The standard InChI is InChI=1S/C23H29Cl2N3O4S/c1-6-26-23(30)17(4)27(13-18-19(24)8-7-9-20(18)25)22(29)14-28(33(5,31)32)21-11-10-15(2)12-16(21)3/h7-12,17H,6,13-14H2,1-5H3,(H,26,30)/t17-/m1/s1. The number of likely N-dealkylation sites (N-methyl/N-ethyl adjacent to an activating group) is 1. The summed E-state index contributed by atoms with van der Waals surface area (Å²) in [6.07, 6.45) is 1.04. The zero-order valence-electron chi connectivity index (χ0n) is 19.4. The highest BCUT2D eigenvalue weighted by Gasteiger charge is 2.31. The van der Waals surface area contributed by atoms with E-state index >= 15 is 0 Å². The average molecular weight is 514 g/mol. The number of benzene rings is 2. The first-order valence-electron chi connectivity index (χ1n) is 10.4. The Balaban J connectivity index is 2.48. The molecule has 0 bridgehead atoms. The van der Waals surface area contributed by atoms with Crippen LogP contribution >= 0.6 is 23.2 Å². The van der Waals surface area contributed by atoms with E-state index in [1.165, 1.54) is 4.90 Å². The molecular weight excluding hydrogens is 485 g/mol. The Bertz CT molecular complexity index is 1120. The van der Waals surface area contributed by atoms with E-state index in [1.807, 2.05) is 13.0 Å².